The molecule has 0 spiro atoms. The van der Waals surface area contributed by atoms with Gasteiger partial charge in [-0.05, 0) is 26.3 Å². The standard InChI is InChI=1S/C8H19N3O3S/c1-7(6-8(10)12)11-15(13,14)5-3-2-4-9/h7,11H,2-6,9H2,1H3,(H2,10,12). The second kappa shape index (κ2) is 6.76. The third-order valence-electron chi connectivity index (χ3n) is 1.76. The lowest BCUT2D eigenvalue weighted by molar-refractivity contribution is -0.118. The van der Waals surface area contributed by atoms with Gasteiger partial charge in [0, 0.05) is 12.5 Å². The summed E-state index contributed by atoms with van der Waals surface area (Å²) in [6.45, 7) is 2.08. The predicted octanol–water partition coefficient (Wildman–Crippen LogP) is -1.09. The van der Waals surface area contributed by atoms with E-state index >= 15 is 0 Å². The fourth-order valence-electron chi connectivity index (χ4n) is 1.15. The lowest BCUT2D eigenvalue weighted by Gasteiger charge is -2.12. The Balaban J connectivity index is 3.97. The Bertz CT molecular complexity index is 290. The van der Waals surface area contributed by atoms with E-state index in [1.807, 2.05) is 0 Å². The molecule has 0 fully saturated rings. The first-order chi connectivity index (χ1) is 6.87. The minimum atomic E-state index is -3.31. The highest BCUT2D eigenvalue weighted by molar-refractivity contribution is 7.89. The van der Waals surface area contributed by atoms with Gasteiger partial charge in [0.25, 0.3) is 0 Å². The molecule has 1 amide bonds. The molecule has 0 aliphatic carbocycles. The maximum atomic E-state index is 11.4. The van der Waals surface area contributed by atoms with Crippen LogP contribution in [0.5, 0.6) is 0 Å². The molecule has 0 aliphatic rings. The van der Waals surface area contributed by atoms with Crippen molar-refractivity contribution in [2.75, 3.05) is 12.3 Å². The summed E-state index contributed by atoms with van der Waals surface area (Å²) >= 11 is 0. The molecule has 90 valence electrons. The van der Waals surface area contributed by atoms with Gasteiger partial charge in [0.05, 0.1) is 5.75 Å². The Morgan fingerprint density at radius 2 is 2.00 bits per heavy atom. The van der Waals surface area contributed by atoms with Gasteiger partial charge in [-0.3, -0.25) is 4.79 Å². The summed E-state index contributed by atoms with van der Waals surface area (Å²) in [6, 6.07) is -0.453. The van der Waals surface area contributed by atoms with E-state index in [1.165, 1.54) is 0 Å². The van der Waals surface area contributed by atoms with Crippen LogP contribution >= 0.6 is 0 Å². The van der Waals surface area contributed by atoms with Gasteiger partial charge < -0.3 is 11.5 Å². The van der Waals surface area contributed by atoms with E-state index in [2.05, 4.69) is 4.72 Å². The van der Waals surface area contributed by atoms with Gasteiger partial charge in [0.2, 0.25) is 15.9 Å². The van der Waals surface area contributed by atoms with Crippen LogP contribution in [-0.4, -0.2) is 32.7 Å². The summed E-state index contributed by atoms with van der Waals surface area (Å²) in [6.07, 6.45) is 1.20. The molecule has 0 aromatic carbocycles. The largest absolute Gasteiger partial charge is 0.370 e. The number of sulfonamides is 1. The molecule has 6 nitrogen and oxygen atoms in total. The number of nitrogens with one attached hydrogen (secondary N) is 1. The number of unbranched alkanes of at least 4 members (excludes halogenated alkanes) is 1. The Labute approximate surface area is 90.4 Å². The normalized spacial score (nSPS) is 13.7. The predicted molar refractivity (Wildman–Crippen MR) is 58.5 cm³/mol. The third kappa shape index (κ3) is 8.34. The van der Waals surface area contributed by atoms with E-state index in [0.717, 1.165) is 0 Å². The zero-order chi connectivity index (χ0) is 11.9. The third-order valence-corrected chi connectivity index (χ3v) is 3.34. The Morgan fingerprint density at radius 3 is 2.47 bits per heavy atom. The van der Waals surface area contributed by atoms with E-state index < -0.39 is 22.0 Å². The molecule has 7 heteroatoms. The van der Waals surface area contributed by atoms with Crippen LogP contribution in [0.4, 0.5) is 0 Å². The van der Waals surface area contributed by atoms with Crippen LogP contribution in [0, 0.1) is 0 Å². The van der Waals surface area contributed by atoms with Crippen molar-refractivity contribution in [2.45, 2.75) is 32.2 Å². The Hall–Kier alpha value is -0.660. The Kier molecular flexibility index (Phi) is 6.46. The number of rotatable bonds is 8. The Morgan fingerprint density at radius 1 is 1.40 bits per heavy atom. The highest BCUT2D eigenvalue weighted by Gasteiger charge is 2.15. The topological polar surface area (TPSA) is 115 Å². The van der Waals surface area contributed by atoms with Crippen LogP contribution in [-0.2, 0) is 14.8 Å². The first-order valence-electron chi connectivity index (χ1n) is 4.86. The zero-order valence-corrected chi connectivity index (χ0v) is 9.72. The number of nitrogens with two attached hydrogens (primary N) is 2. The first kappa shape index (κ1) is 14.3. The molecule has 0 aromatic rings. The average molecular weight is 237 g/mol. The minimum absolute atomic E-state index is 0.0100. The highest BCUT2D eigenvalue weighted by Crippen LogP contribution is 1.97. The minimum Gasteiger partial charge on any atom is -0.370 e. The van der Waals surface area contributed by atoms with Gasteiger partial charge in [-0.25, -0.2) is 13.1 Å². The van der Waals surface area contributed by atoms with Crippen molar-refractivity contribution in [2.24, 2.45) is 11.5 Å². The summed E-state index contributed by atoms with van der Waals surface area (Å²) in [5.41, 5.74) is 10.2. The number of carbonyl (C=O) groups excluding carboxylic acids is 1. The number of hydrogen-bond acceptors (Lipinski definition) is 4. The van der Waals surface area contributed by atoms with Crippen molar-refractivity contribution in [3.05, 3.63) is 0 Å². The summed E-state index contributed by atoms with van der Waals surface area (Å²) in [5.74, 6) is -0.486. The number of amides is 1. The fourth-order valence-corrected chi connectivity index (χ4v) is 2.54. The molecular formula is C8H19N3O3S. The second-order valence-corrected chi connectivity index (χ2v) is 5.38. The molecule has 1 unspecified atom stereocenters. The first-order valence-corrected chi connectivity index (χ1v) is 6.51. The van der Waals surface area contributed by atoms with Gasteiger partial charge in [-0.15, -0.1) is 0 Å². The summed E-state index contributed by atoms with van der Waals surface area (Å²) in [4.78, 5) is 10.5. The van der Waals surface area contributed by atoms with E-state index in [1.54, 1.807) is 6.92 Å². The zero-order valence-electron chi connectivity index (χ0n) is 8.90. The van der Waals surface area contributed by atoms with Crippen LogP contribution in [0.2, 0.25) is 0 Å². The molecule has 0 radical (unpaired) electrons. The highest BCUT2D eigenvalue weighted by atomic mass is 32.2. The summed E-state index contributed by atoms with van der Waals surface area (Å²) < 4.78 is 25.2. The van der Waals surface area contributed by atoms with Gasteiger partial charge in [0.1, 0.15) is 0 Å². The molecule has 0 aromatic heterocycles. The van der Waals surface area contributed by atoms with Crippen molar-refractivity contribution >= 4 is 15.9 Å². The van der Waals surface area contributed by atoms with E-state index in [0.29, 0.717) is 19.4 Å². The molecule has 1 atom stereocenters. The fraction of sp³-hybridized carbons (Fsp3) is 0.875. The number of primary amides is 1. The summed E-state index contributed by atoms with van der Waals surface area (Å²) in [5, 5.41) is 0. The SMILES string of the molecule is CC(CC(N)=O)NS(=O)(=O)CCCCN. The maximum Gasteiger partial charge on any atom is 0.219 e. The van der Waals surface area contributed by atoms with Crippen LogP contribution < -0.4 is 16.2 Å². The molecule has 0 saturated carbocycles. The molecule has 0 heterocycles. The van der Waals surface area contributed by atoms with Crippen molar-refractivity contribution in [3.63, 3.8) is 0 Å². The number of carbonyl (C=O) groups is 1. The molecule has 0 saturated heterocycles. The quantitative estimate of drug-likeness (QED) is 0.465. The van der Waals surface area contributed by atoms with Gasteiger partial charge in [-0.1, -0.05) is 0 Å². The van der Waals surface area contributed by atoms with Crippen LogP contribution in [0.3, 0.4) is 0 Å². The van der Waals surface area contributed by atoms with Gasteiger partial charge >= 0.3 is 0 Å². The van der Waals surface area contributed by atoms with Crippen molar-refractivity contribution in [1.82, 2.24) is 4.72 Å². The summed E-state index contributed by atoms with van der Waals surface area (Å²) in [7, 11) is -3.31. The molecular weight excluding hydrogens is 218 g/mol. The molecule has 0 aliphatic heterocycles. The van der Waals surface area contributed by atoms with E-state index in [-0.39, 0.29) is 12.2 Å². The van der Waals surface area contributed by atoms with Gasteiger partial charge in [0.15, 0.2) is 0 Å². The van der Waals surface area contributed by atoms with E-state index in [9.17, 15) is 13.2 Å². The van der Waals surface area contributed by atoms with E-state index in [4.69, 9.17) is 11.5 Å². The maximum absolute atomic E-state index is 11.4. The van der Waals surface area contributed by atoms with Crippen LogP contribution in [0.25, 0.3) is 0 Å². The van der Waals surface area contributed by atoms with Crippen LogP contribution in [0.15, 0.2) is 0 Å². The van der Waals surface area contributed by atoms with Crippen molar-refractivity contribution < 1.29 is 13.2 Å². The smallest absolute Gasteiger partial charge is 0.219 e. The molecule has 0 bridgehead atoms. The molecule has 15 heavy (non-hydrogen) atoms. The van der Waals surface area contributed by atoms with Gasteiger partial charge in [-0.2, -0.15) is 0 Å². The second-order valence-electron chi connectivity index (χ2n) is 3.50. The van der Waals surface area contributed by atoms with Crippen LogP contribution in [0.1, 0.15) is 26.2 Å². The lowest BCUT2D eigenvalue weighted by Crippen LogP contribution is -2.37. The molecule has 0 rings (SSSR count). The average Bonchev–Trinajstić information content (AvgIpc) is 2.00. The van der Waals surface area contributed by atoms with Crippen molar-refractivity contribution in [1.29, 1.82) is 0 Å². The molecule has 5 N–H and O–H groups in total. The number of hydrogen-bond donors (Lipinski definition) is 3. The van der Waals surface area contributed by atoms with Crippen molar-refractivity contribution in [3.8, 4) is 0 Å². The lowest BCUT2D eigenvalue weighted by atomic mass is 10.2. The monoisotopic (exact) mass is 237 g/mol.